The summed E-state index contributed by atoms with van der Waals surface area (Å²) in [4.78, 5) is 0. The van der Waals surface area contributed by atoms with Gasteiger partial charge in [0.25, 0.3) is 0 Å². The standard InChI is InChI=1S/C10H21NO/c1-3-4-10(12)9-7-8(2)5-6-11-9/h8-12H,3-7H2,1-2H3/t8?,9?,10-/m1/s1. The molecule has 1 saturated heterocycles. The number of aliphatic hydroxyl groups is 1. The van der Waals surface area contributed by atoms with Crippen LogP contribution in [0.1, 0.15) is 39.5 Å². The van der Waals surface area contributed by atoms with E-state index in [1.807, 2.05) is 0 Å². The van der Waals surface area contributed by atoms with Crippen molar-refractivity contribution in [3.05, 3.63) is 0 Å². The van der Waals surface area contributed by atoms with Gasteiger partial charge < -0.3 is 10.4 Å². The van der Waals surface area contributed by atoms with Gasteiger partial charge >= 0.3 is 0 Å². The third kappa shape index (κ3) is 2.76. The van der Waals surface area contributed by atoms with Crippen LogP contribution in [0.15, 0.2) is 0 Å². The Balaban J connectivity index is 2.29. The topological polar surface area (TPSA) is 32.3 Å². The van der Waals surface area contributed by atoms with Crippen LogP contribution < -0.4 is 5.32 Å². The Labute approximate surface area is 75.4 Å². The average Bonchev–Trinajstić information content (AvgIpc) is 2.05. The summed E-state index contributed by atoms with van der Waals surface area (Å²) in [5.41, 5.74) is 0. The molecule has 12 heavy (non-hydrogen) atoms. The zero-order chi connectivity index (χ0) is 8.97. The van der Waals surface area contributed by atoms with Gasteiger partial charge in [-0.05, 0) is 31.7 Å². The Hall–Kier alpha value is -0.0800. The number of aliphatic hydroxyl groups excluding tert-OH is 1. The second-order valence-corrected chi connectivity index (χ2v) is 4.05. The molecule has 0 aliphatic carbocycles. The van der Waals surface area contributed by atoms with Gasteiger partial charge in [-0.25, -0.2) is 0 Å². The van der Waals surface area contributed by atoms with Crippen LogP contribution in [0, 0.1) is 5.92 Å². The molecule has 1 aliphatic rings. The van der Waals surface area contributed by atoms with Crippen molar-refractivity contribution < 1.29 is 5.11 Å². The summed E-state index contributed by atoms with van der Waals surface area (Å²) in [6.45, 7) is 5.47. The van der Waals surface area contributed by atoms with Gasteiger partial charge in [-0.15, -0.1) is 0 Å². The summed E-state index contributed by atoms with van der Waals surface area (Å²) in [5, 5.41) is 13.1. The third-order valence-electron chi connectivity index (χ3n) is 2.75. The van der Waals surface area contributed by atoms with Crippen LogP contribution in [0.3, 0.4) is 0 Å². The highest BCUT2D eigenvalue weighted by molar-refractivity contribution is 4.81. The van der Waals surface area contributed by atoms with E-state index in [4.69, 9.17) is 0 Å². The zero-order valence-electron chi connectivity index (χ0n) is 8.21. The number of piperidine rings is 1. The first-order valence-electron chi connectivity index (χ1n) is 5.15. The van der Waals surface area contributed by atoms with Crippen molar-refractivity contribution >= 4 is 0 Å². The van der Waals surface area contributed by atoms with Gasteiger partial charge in [0.2, 0.25) is 0 Å². The first-order chi connectivity index (χ1) is 5.74. The molecular weight excluding hydrogens is 150 g/mol. The Kier molecular flexibility index (Phi) is 4.02. The Morgan fingerprint density at radius 2 is 2.33 bits per heavy atom. The molecule has 1 aliphatic heterocycles. The van der Waals surface area contributed by atoms with Crippen molar-refractivity contribution in [3.63, 3.8) is 0 Å². The highest BCUT2D eigenvalue weighted by Crippen LogP contribution is 2.18. The largest absolute Gasteiger partial charge is 0.392 e. The van der Waals surface area contributed by atoms with Crippen molar-refractivity contribution in [2.24, 2.45) is 5.92 Å². The number of nitrogens with one attached hydrogen (secondary N) is 1. The normalized spacial score (nSPS) is 33.2. The fourth-order valence-corrected chi connectivity index (χ4v) is 1.94. The zero-order valence-corrected chi connectivity index (χ0v) is 8.21. The van der Waals surface area contributed by atoms with Crippen molar-refractivity contribution in [2.45, 2.75) is 51.7 Å². The molecule has 2 heteroatoms. The molecule has 1 heterocycles. The molecule has 0 spiro atoms. The van der Waals surface area contributed by atoms with Crippen molar-refractivity contribution in [1.82, 2.24) is 5.32 Å². The lowest BCUT2D eigenvalue weighted by Gasteiger charge is -2.31. The molecule has 2 N–H and O–H groups in total. The van der Waals surface area contributed by atoms with E-state index in [1.54, 1.807) is 0 Å². The molecule has 2 nitrogen and oxygen atoms in total. The molecule has 1 rings (SSSR count). The summed E-state index contributed by atoms with van der Waals surface area (Å²) in [6.07, 6.45) is 4.28. The van der Waals surface area contributed by atoms with E-state index in [2.05, 4.69) is 19.2 Å². The minimum Gasteiger partial charge on any atom is -0.392 e. The maximum absolute atomic E-state index is 9.73. The Morgan fingerprint density at radius 1 is 1.58 bits per heavy atom. The summed E-state index contributed by atoms with van der Waals surface area (Å²) in [5.74, 6) is 0.780. The SMILES string of the molecule is CCC[C@@H](O)C1CC(C)CCN1. The minimum atomic E-state index is -0.127. The van der Waals surface area contributed by atoms with Crippen molar-refractivity contribution in [2.75, 3.05) is 6.54 Å². The maximum atomic E-state index is 9.73. The van der Waals surface area contributed by atoms with Crippen molar-refractivity contribution in [1.29, 1.82) is 0 Å². The van der Waals surface area contributed by atoms with Crippen LogP contribution in [0.4, 0.5) is 0 Å². The molecule has 72 valence electrons. The van der Waals surface area contributed by atoms with Crippen LogP contribution >= 0.6 is 0 Å². The second-order valence-electron chi connectivity index (χ2n) is 4.05. The first-order valence-corrected chi connectivity index (χ1v) is 5.15. The van der Waals surface area contributed by atoms with Crippen LogP contribution in [0.2, 0.25) is 0 Å². The van der Waals surface area contributed by atoms with E-state index in [0.29, 0.717) is 6.04 Å². The smallest absolute Gasteiger partial charge is 0.0693 e. The summed E-state index contributed by atoms with van der Waals surface area (Å²) in [6, 6.07) is 0.355. The van der Waals surface area contributed by atoms with E-state index < -0.39 is 0 Å². The number of hydrogen-bond donors (Lipinski definition) is 2. The molecule has 0 radical (unpaired) electrons. The molecule has 0 amide bonds. The van der Waals surface area contributed by atoms with Gasteiger partial charge in [-0.2, -0.15) is 0 Å². The quantitative estimate of drug-likeness (QED) is 0.675. The van der Waals surface area contributed by atoms with Gasteiger partial charge in [-0.1, -0.05) is 20.3 Å². The van der Waals surface area contributed by atoms with Crippen LogP contribution in [-0.2, 0) is 0 Å². The number of rotatable bonds is 3. The Bertz CT molecular complexity index is 127. The van der Waals surface area contributed by atoms with E-state index >= 15 is 0 Å². The molecule has 2 unspecified atom stereocenters. The van der Waals surface area contributed by atoms with Gasteiger partial charge in [0.15, 0.2) is 0 Å². The fourth-order valence-electron chi connectivity index (χ4n) is 1.94. The van der Waals surface area contributed by atoms with Gasteiger partial charge in [0.05, 0.1) is 6.10 Å². The summed E-state index contributed by atoms with van der Waals surface area (Å²) < 4.78 is 0. The second kappa shape index (κ2) is 4.83. The monoisotopic (exact) mass is 171 g/mol. The van der Waals surface area contributed by atoms with Gasteiger partial charge in [0, 0.05) is 6.04 Å². The highest BCUT2D eigenvalue weighted by Gasteiger charge is 2.23. The van der Waals surface area contributed by atoms with E-state index in [1.165, 1.54) is 6.42 Å². The van der Waals surface area contributed by atoms with Crippen LogP contribution in [0.5, 0.6) is 0 Å². The molecule has 1 fully saturated rings. The molecule has 3 atom stereocenters. The molecule has 0 bridgehead atoms. The predicted octanol–water partition coefficient (Wildman–Crippen LogP) is 1.54. The first kappa shape index (κ1) is 10.0. The lowest BCUT2D eigenvalue weighted by molar-refractivity contribution is 0.0928. The summed E-state index contributed by atoms with van der Waals surface area (Å²) >= 11 is 0. The molecule has 0 saturated carbocycles. The fraction of sp³-hybridized carbons (Fsp3) is 1.00. The predicted molar refractivity (Wildman–Crippen MR) is 51.1 cm³/mol. The lowest BCUT2D eigenvalue weighted by Crippen LogP contribution is -2.45. The van der Waals surface area contributed by atoms with Crippen LogP contribution in [0.25, 0.3) is 0 Å². The van der Waals surface area contributed by atoms with Gasteiger partial charge in [-0.3, -0.25) is 0 Å². The van der Waals surface area contributed by atoms with Gasteiger partial charge in [0.1, 0.15) is 0 Å². The average molecular weight is 171 g/mol. The van der Waals surface area contributed by atoms with Crippen molar-refractivity contribution in [3.8, 4) is 0 Å². The maximum Gasteiger partial charge on any atom is 0.0693 e. The molecular formula is C10H21NO. The summed E-state index contributed by atoms with van der Waals surface area (Å²) in [7, 11) is 0. The highest BCUT2D eigenvalue weighted by atomic mass is 16.3. The number of hydrogen-bond acceptors (Lipinski definition) is 2. The molecule has 0 aromatic carbocycles. The minimum absolute atomic E-state index is 0.127. The molecule has 0 aromatic rings. The van der Waals surface area contributed by atoms with E-state index in [9.17, 15) is 5.11 Å². The van der Waals surface area contributed by atoms with E-state index in [0.717, 1.165) is 31.7 Å². The molecule has 0 aromatic heterocycles. The lowest BCUT2D eigenvalue weighted by atomic mass is 9.90. The van der Waals surface area contributed by atoms with E-state index in [-0.39, 0.29) is 6.10 Å². The third-order valence-corrected chi connectivity index (χ3v) is 2.75. The van der Waals surface area contributed by atoms with Crippen LogP contribution in [-0.4, -0.2) is 23.8 Å². The Morgan fingerprint density at radius 3 is 2.92 bits per heavy atom.